The van der Waals surface area contributed by atoms with Crippen molar-refractivity contribution < 1.29 is 5.11 Å². The van der Waals surface area contributed by atoms with Crippen molar-refractivity contribution in [2.24, 2.45) is 11.8 Å². The topological polar surface area (TPSA) is 32.3 Å². The third-order valence-electron chi connectivity index (χ3n) is 3.46. The molecule has 0 aromatic rings. The second kappa shape index (κ2) is 7.02. The summed E-state index contributed by atoms with van der Waals surface area (Å²) in [6, 6.07) is 0. The van der Waals surface area contributed by atoms with Crippen LogP contribution in [-0.2, 0) is 0 Å². The van der Waals surface area contributed by atoms with Crippen LogP contribution in [0, 0.1) is 11.8 Å². The largest absolute Gasteiger partial charge is 0.392 e. The minimum absolute atomic E-state index is 0.186. The Hall–Kier alpha value is -0.340. The fourth-order valence-electron chi connectivity index (χ4n) is 1.95. The Labute approximate surface area is 93.8 Å². The van der Waals surface area contributed by atoms with Gasteiger partial charge in [-0.15, -0.1) is 0 Å². The smallest absolute Gasteiger partial charge is 0.0689 e. The lowest BCUT2D eigenvalue weighted by Crippen LogP contribution is -2.34. The van der Waals surface area contributed by atoms with E-state index in [9.17, 15) is 5.11 Å². The third kappa shape index (κ3) is 4.80. The van der Waals surface area contributed by atoms with E-state index in [1.54, 1.807) is 0 Å². The lowest BCUT2D eigenvalue weighted by atomic mass is 9.94. The van der Waals surface area contributed by atoms with E-state index in [2.05, 4.69) is 31.3 Å². The third-order valence-corrected chi connectivity index (χ3v) is 3.46. The first-order chi connectivity index (χ1) is 7.24. The molecule has 1 aliphatic carbocycles. The second-order valence-electron chi connectivity index (χ2n) is 4.76. The van der Waals surface area contributed by atoms with E-state index in [4.69, 9.17) is 0 Å². The summed E-state index contributed by atoms with van der Waals surface area (Å²) in [5.41, 5.74) is 0. The van der Waals surface area contributed by atoms with Crippen LogP contribution in [0.2, 0.25) is 0 Å². The van der Waals surface area contributed by atoms with Crippen LogP contribution in [0.25, 0.3) is 0 Å². The number of aliphatic hydroxyl groups excluding tert-OH is 1. The molecule has 2 N–H and O–H groups in total. The molecule has 0 heterocycles. The fraction of sp³-hybridized carbons (Fsp3) is 0.846. The highest BCUT2D eigenvalue weighted by Gasteiger charge is 2.13. The van der Waals surface area contributed by atoms with E-state index >= 15 is 0 Å². The van der Waals surface area contributed by atoms with Gasteiger partial charge in [-0.2, -0.15) is 0 Å². The van der Waals surface area contributed by atoms with Crippen LogP contribution in [0.1, 0.15) is 39.5 Å². The molecule has 3 unspecified atom stereocenters. The number of nitrogens with one attached hydrogen (secondary N) is 1. The molecule has 1 aliphatic rings. The molecule has 0 saturated heterocycles. The number of rotatable bonds is 6. The molecule has 0 bridgehead atoms. The zero-order valence-electron chi connectivity index (χ0n) is 10.1. The quantitative estimate of drug-likeness (QED) is 0.661. The number of aliphatic hydroxyl groups is 1. The standard InChI is InChI=1S/C13H25NO/c1-3-11(2)13(15)10-14-9-12-7-5-4-6-8-12/h4-5,11-15H,3,6-10H2,1-2H3. The minimum Gasteiger partial charge on any atom is -0.392 e. The van der Waals surface area contributed by atoms with Crippen LogP contribution in [-0.4, -0.2) is 24.3 Å². The van der Waals surface area contributed by atoms with Gasteiger partial charge in [0.05, 0.1) is 6.10 Å². The Kier molecular flexibility index (Phi) is 5.96. The van der Waals surface area contributed by atoms with Crippen LogP contribution in [0.4, 0.5) is 0 Å². The summed E-state index contributed by atoms with van der Waals surface area (Å²) in [6.07, 6.45) is 9.13. The molecule has 0 saturated carbocycles. The highest BCUT2D eigenvalue weighted by Crippen LogP contribution is 2.17. The predicted molar refractivity (Wildman–Crippen MR) is 64.8 cm³/mol. The van der Waals surface area contributed by atoms with Gasteiger partial charge in [0.15, 0.2) is 0 Å². The monoisotopic (exact) mass is 211 g/mol. The molecule has 2 nitrogen and oxygen atoms in total. The zero-order chi connectivity index (χ0) is 11.1. The van der Waals surface area contributed by atoms with Crippen molar-refractivity contribution in [3.05, 3.63) is 12.2 Å². The maximum Gasteiger partial charge on any atom is 0.0689 e. The average Bonchev–Trinajstić information content (AvgIpc) is 2.29. The van der Waals surface area contributed by atoms with Gasteiger partial charge < -0.3 is 10.4 Å². The van der Waals surface area contributed by atoms with Crippen molar-refractivity contribution in [3.8, 4) is 0 Å². The summed E-state index contributed by atoms with van der Waals surface area (Å²) in [7, 11) is 0. The molecule has 0 aromatic heterocycles. The van der Waals surface area contributed by atoms with Crippen molar-refractivity contribution in [1.29, 1.82) is 0 Å². The Bertz CT molecular complexity index is 191. The molecule has 0 radical (unpaired) electrons. The lowest BCUT2D eigenvalue weighted by molar-refractivity contribution is 0.111. The Morgan fingerprint density at radius 1 is 1.47 bits per heavy atom. The lowest BCUT2D eigenvalue weighted by Gasteiger charge is -2.21. The van der Waals surface area contributed by atoms with Gasteiger partial charge in [0.2, 0.25) is 0 Å². The van der Waals surface area contributed by atoms with E-state index in [1.165, 1.54) is 19.3 Å². The molecule has 0 spiro atoms. The highest BCUT2D eigenvalue weighted by molar-refractivity contribution is 4.90. The average molecular weight is 211 g/mol. The Morgan fingerprint density at radius 2 is 2.27 bits per heavy atom. The number of allylic oxidation sites excluding steroid dienone is 2. The molecule has 0 fully saturated rings. The van der Waals surface area contributed by atoms with E-state index in [0.29, 0.717) is 5.92 Å². The predicted octanol–water partition coefficient (Wildman–Crippen LogP) is 2.34. The molecule has 2 heteroatoms. The van der Waals surface area contributed by atoms with Gasteiger partial charge >= 0.3 is 0 Å². The highest BCUT2D eigenvalue weighted by atomic mass is 16.3. The van der Waals surface area contributed by atoms with E-state index in [1.807, 2.05) is 0 Å². The fourth-order valence-corrected chi connectivity index (χ4v) is 1.95. The van der Waals surface area contributed by atoms with E-state index in [0.717, 1.165) is 25.4 Å². The van der Waals surface area contributed by atoms with Crippen molar-refractivity contribution in [2.75, 3.05) is 13.1 Å². The van der Waals surface area contributed by atoms with E-state index in [-0.39, 0.29) is 6.10 Å². The summed E-state index contributed by atoms with van der Waals surface area (Å²) >= 11 is 0. The summed E-state index contributed by atoms with van der Waals surface area (Å²) in [5, 5.41) is 13.2. The van der Waals surface area contributed by atoms with Crippen molar-refractivity contribution in [3.63, 3.8) is 0 Å². The van der Waals surface area contributed by atoms with Gasteiger partial charge in [0.25, 0.3) is 0 Å². The first kappa shape index (κ1) is 12.7. The summed E-state index contributed by atoms with van der Waals surface area (Å²) in [6.45, 7) is 6.03. The first-order valence-electron chi connectivity index (χ1n) is 6.27. The molecular formula is C13H25NO. The number of hydrogen-bond donors (Lipinski definition) is 2. The van der Waals surface area contributed by atoms with Gasteiger partial charge in [-0.1, -0.05) is 32.4 Å². The van der Waals surface area contributed by atoms with Crippen LogP contribution in [0.5, 0.6) is 0 Å². The summed E-state index contributed by atoms with van der Waals surface area (Å²) in [4.78, 5) is 0. The van der Waals surface area contributed by atoms with Crippen LogP contribution in [0.3, 0.4) is 0 Å². The number of hydrogen-bond acceptors (Lipinski definition) is 2. The molecular weight excluding hydrogens is 186 g/mol. The van der Waals surface area contributed by atoms with Gasteiger partial charge in [-0.3, -0.25) is 0 Å². The minimum atomic E-state index is -0.186. The molecule has 0 aliphatic heterocycles. The molecule has 0 amide bonds. The van der Waals surface area contributed by atoms with Crippen molar-refractivity contribution in [2.45, 2.75) is 45.6 Å². The van der Waals surface area contributed by atoms with Gasteiger partial charge in [-0.25, -0.2) is 0 Å². The van der Waals surface area contributed by atoms with Crippen LogP contribution in [0.15, 0.2) is 12.2 Å². The zero-order valence-corrected chi connectivity index (χ0v) is 10.1. The first-order valence-corrected chi connectivity index (χ1v) is 6.27. The maximum absolute atomic E-state index is 9.77. The molecule has 0 aromatic carbocycles. The van der Waals surface area contributed by atoms with Crippen molar-refractivity contribution >= 4 is 0 Å². The van der Waals surface area contributed by atoms with Gasteiger partial charge in [0.1, 0.15) is 0 Å². The summed E-state index contributed by atoms with van der Waals surface area (Å²) in [5.74, 6) is 1.18. The molecule has 15 heavy (non-hydrogen) atoms. The van der Waals surface area contributed by atoms with Gasteiger partial charge in [0, 0.05) is 6.54 Å². The van der Waals surface area contributed by atoms with Gasteiger partial charge in [-0.05, 0) is 37.6 Å². The maximum atomic E-state index is 9.77. The SMILES string of the molecule is CCC(C)C(O)CNCC1CC=CCC1. The van der Waals surface area contributed by atoms with Crippen LogP contribution < -0.4 is 5.32 Å². The van der Waals surface area contributed by atoms with E-state index < -0.39 is 0 Å². The molecule has 88 valence electrons. The normalized spacial score (nSPS) is 25.1. The Balaban J connectivity index is 2.07. The molecule has 1 rings (SSSR count). The van der Waals surface area contributed by atoms with Crippen LogP contribution >= 0.6 is 0 Å². The second-order valence-corrected chi connectivity index (χ2v) is 4.76. The Morgan fingerprint density at radius 3 is 2.87 bits per heavy atom. The summed E-state index contributed by atoms with van der Waals surface area (Å²) < 4.78 is 0. The molecule has 3 atom stereocenters. The van der Waals surface area contributed by atoms with Crippen molar-refractivity contribution in [1.82, 2.24) is 5.32 Å².